The highest BCUT2D eigenvalue weighted by atomic mass is 32.2. The fourth-order valence-corrected chi connectivity index (χ4v) is 4.69. The fraction of sp³-hybridized carbons (Fsp3) is 0.0417. The minimum absolute atomic E-state index is 0.127. The molecule has 2 aromatic heterocycles. The van der Waals surface area contributed by atoms with E-state index < -0.39 is 0 Å². The lowest BCUT2D eigenvalue weighted by Crippen LogP contribution is -2.27. The number of hydrogen-bond acceptors (Lipinski definition) is 5. The summed E-state index contributed by atoms with van der Waals surface area (Å²) in [6.45, 7) is 4.10. The van der Waals surface area contributed by atoms with Gasteiger partial charge in [0.05, 0.1) is 10.6 Å². The molecule has 152 valence electrons. The predicted octanol–water partition coefficient (Wildman–Crippen LogP) is 5.67. The highest BCUT2D eigenvalue weighted by Crippen LogP contribution is 2.36. The van der Waals surface area contributed by atoms with Crippen molar-refractivity contribution in [2.24, 2.45) is 0 Å². The number of benzene rings is 2. The standard InChI is InChI=1S/C24H17N3O2S2/c1-2-12-26-23(28)21(31-24(26)30)14-17-15-27(18-9-4-3-5-10-18)25-22(17)20-13-16-8-6-7-11-19(16)29-20/h2-11,13-15H,1,12H2. The fourth-order valence-electron chi connectivity index (χ4n) is 3.42. The van der Waals surface area contributed by atoms with Gasteiger partial charge in [0.15, 0.2) is 5.76 Å². The van der Waals surface area contributed by atoms with Crippen molar-refractivity contribution in [1.29, 1.82) is 0 Å². The number of amides is 1. The Labute approximate surface area is 188 Å². The van der Waals surface area contributed by atoms with Crippen LogP contribution in [0.5, 0.6) is 0 Å². The molecule has 7 heteroatoms. The zero-order chi connectivity index (χ0) is 21.4. The van der Waals surface area contributed by atoms with Crippen LogP contribution >= 0.6 is 24.0 Å². The summed E-state index contributed by atoms with van der Waals surface area (Å²) in [7, 11) is 0. The molecule has 31 heavy (non-hydrogen) atoms. The number of fused-ring (bicyclic) bond motifs is 1. The molecule has 0 radical (unpaired) electrons. The van der Waals surface area contributed by atoms with Crippen LogP contribution in [0, 0.1) is 0 Å². The second-order valence-corrected chi connectivity index (χ2v) is 8.62. The molecule has 1 saturated heterocycles. The molecule has 1 aliphatic heterocycles. The number of furan rings is 1. The summed E-state index contributed by atoms with van der Waals surface area (Å²) >= 11 is 6.65. The Bertz CT molecular complexity index is 1320. The van der Waals surface area contributed by atoms with Gasteiger partial charge in [0.2, 0.25) is 0 Å². The van der Waals surface area contributed by atoms with Gasteiger partial charge < -0.3 is 4.42 Å². The summed E-state index contributed by atoms with van der Waals surface area (Å²) in [5.41, 5.74) is 3.14. The van der Waals surface area contributed by atoms with Crippen molar-refractivity contribution in [1.82, 2.24) is 14.7 Å². The van der Waals surface area contributed by atoms with Gasteiger partial charge in [-0.3, -0.25) is 9.69 Å². The number of carbonyl (C=O) groups is 1. The van der Waals surface area contributed by atoms with E-state index in [1.807, 2.05) is 72.9 Å². The Hall–Kier alpha value is -3.42. The Morgan fingerprint density at radius 3 is 2.68 bits per heavy atom. The number of rotatable bonds is 5. The molecule has 0 aliphatic carbocycles. The van der Waals surface area contributed by atoms with Gasteiger partial charge in [0.1, 0.15) is 15.6 Å². The minimum Gasteiger partial charge on any atom is -0.454 e. The third kappa shape index (κ3) is 3.62. The van der Waals surface area contributed by atoms with E-state index >= 15 is 0 Å². The maximum absolute atomic E-state index is 12.8. The van der Waals surface area contributed by atoms with Crippen LogP contribution in [0.2, 0.25) is 0 Å². The third-order valence-electron chi connectivity index (χ3n) is 4.89. The van der Waals surface area contributed by atoms with Gasteiger partial charge in [-0.1, -0.05) is 66.5 Å². The van der Waals surface area contributed by atoms with Gasteiger partial charge in [0.25, 0.3) is 5.91 Å². The molecule has 0 spiro atoms. The first-order chi connectivity index (χ1) is 15.1. The Balaban J connectivity index is 1.63. The zero-order valence-corrected chi connectivity index (χ0v) is 18.0. The summed E-state index contributed by atoms with van der Waals surface area (Å²) < 4.78 is 8.39. The quantitative estimate of drug-likeness (QED) is 0.226. The van der Waals surface area contributed by atoms with Gasteiger partial charge in [0, 0.05) is 23.7 Å². The maximum Gasteiger partial charge on any atom is 0.266 e. The first-order valence-corrected chi connectivity index (χ1v) is 10.9. The molecule has 0 unspecified atom stereocenters. The van der Waals surface area contributed by atoms with Crippen LogP contribution in [-0.4, -0.2) is 31.5 Å². The molecular formula is C24H17N3O2S2. The van der Waals surface area contributed by atoms with Crippen LogP contribution in [0.3, 0.4) is 0 Å². The van der Waals surface area contributed by atoms with Gasteiger partial charge in [-0.25, -0.2) is 4.68 Å². The highest BCUT2D eigenvalue weighted by Gasteiger charge is 2.31. The predicted molar refractivity (Wildman–Crippen MR) is 129 cm³/mol. The van der Waals surface area contributed by atoms with Crippen molar-refractivity contribution in [2.45, 2.75) is 0 Å². The molecule has 1 amide bonds. The van der Waals surface area contributed by atoms with E-state index in [2.05, 4.69) is 6.58 Å². The number of aromatic nitrogens is 2. The normalized spacial score (nSPS) is 15.4. The van der Waals surface area contributed by atoms with Gasteiger partial charge >= 0.3 is 0 Å². The van der Waals surface area contributed by atoms with Crippen molar-refractivity contribution < 1.29 is 9.21 Å². The number of para-hydroxylation sites is 2. The van der Waals surface area contributed by atoms with Crippen molar-refractivity contribution in [3.63, 3.8) is 0 Å². The summed E-state index contributed by atoms with van der Waals surface area (Å²) in [5, 5.41) is 5.78. The van der Waals surface area contributed by atoms with Crippen LogP contribution in [0.15, 0.2) is 88.8 Å². The van der Waals surface area contributed by atoms with E-state index in [1.165, 1.54) is 11.8 Å². The van der Waals surface area contributed by atoms with E-state index in [0.717, 1.165) is 22.2 Å². The topological polar surface area (TPSA) is 51.3 Å². The van der Waals surface area contributed by atoms with Crippen molar-refractivity contribution in [3.8, 4) is 17.1 Å². The van der Waals surface area contributed by atoms with Crippen molar-refractivity contribution in [3.05, 3.63) is 90.0 Å². The lowest BCUT2D eigenvalue weighted by atomic mass is 10.1. The van der Waals surface area contributed by atoms with Crippen LogP contribution < -0.4 is 0 Å². The molecule has 0 bridgehead atoms. The molecule has 1 aliphatic rings. The maximum atomic E-state index is 12.8. The number of thiocarbonyl (C=S) groups is 1. The molecule has 1 fully saturated rings. The molecule has 3 heterocycles. The zero-order valence-electron chi connectivity index (χ0n) is 16.4. The van der Waals surface area contributed by atoms with E-state index in [0.29, 0.717) is 27.2 Å². The third-order valence-corrected chi connectivity index (χ3v) is 6.27. The number of thioether (sulfide) groups is 1. The van der Waals surface area contributed by atoms with Crippen molar-refractivity contribution >= 4 is 51.3 Å². The molecule has 0 atom stereocenters. The molecule has 0 N–H and O–H groups in total. The first kappa shape index (κ1) is 19.5. The van der Waals surface area contributed by atoms with Crippen LogP contribution in [-0.2, 0) is 4.79 Å². The molecule has 0 saturated carbocycles. The Morgan fingerprint density at radius 2 is 1.90 bits per heavy atom. The summed E-state index contributed by atoms with van der Waals surface area (Å²) in [4.78, 5) is 14.9. The SMILES string of the molecule is C=CCN1C(=O)C(=Cc2cn(-c3ccccc3)nc2-c2cc3ccccc3o2)SC1=S. The van der Waals surface area contributed by atoms with E-state index in [1.54, 1.807) is 15.7 Å². The molecule has 2 aromatic carbocycles. The number of nitrogens with zero attached hydrogens (tertiary/aromatic N) is 3. The largest absolute Gasteiger partial charge is 0.454 e. The van der Waals surface area contributed by atoms with E-state index in [4.69, 9.17) is 21.7 Å². The van der Waals surface area contributed by atoms with Crippen LogP contribution in [0.4, 0.5) is 0 Å². The second-order valence-electron chi connectivity index (χ2n) is 6.94. The van der Waals surface area contributed by atoms with Gasteiger partial charge in [-0.05, 0) is 30.3 Å². The molecular weight excluding hydrogens is 426 g/mol. The number of carbonyl (C=O) groups excluding carboxylic acids is 1. The Kier molecular flexibility index (Phi) is 5.05. The Morgan fingerprint density at radius 1 is 1.13 bits per heavy atom. The summed E-state index contributed by atoms with van der Waals surface area (Å²) in [6.07, 6.45) is 5.40. The lowest BCUT2D eigenvalue weighted by Gasteiger charge is -2.10. The average Bonchev–Trinajstić information content (AvgIpc) is 3.47. The van der Waals surface area contributed by atoms with E-state index in [-0.39, 0.29) is 5.91 Å². The average molecular weight is 444 g/mol. The summed E-state index contributed by atoms with van der Waals surface area (Å²) in [6, 6.07) is 19.6. The second kappa shape index (κ2) is 8.02. The van der Waals surface area contributed by atoms with E-state index in [9.17, 15) is 4.79 Å². The minimum atomic E-state index is -0.127. The smallest absolute Gasteiger partial charge is 0.266 e. The summed E-state index contributed by atoms with van der Waals surface area (Å²) in [5.74, 6) is 0.515. The molecule has 4 aromatic rings. The van der Waals surface area contributed by atoms with Crippen LogP contribution in [0.1, 0.15) is 5.56 Å². The molecule has 5 rings (SSSR count). The molecule has 5 nitrogen and oxygen atoms in total. The van der Waals surface area contributed by atoms with Gasteiger partial charge in [-0.15, -0.1) is 6.58 Å². The van der Waals surface area contributed by atoms with Gasteiger partial charge in [-0.2, -0.15) is 5.10 Å². The monoisotopic (exact) mass is 443 g/mol. The van der Waals surface area contributed by atoms with Crippen LogP contribution in [0.25, 0.3) is 34.2 Å². The van der Waals surface area contributed by atoms with Crippen molar-refractivity contribution in [2.75, 3.05) is 6.54 Å². The first-order valence-electron chi connectivity index (χ1n) is 9.64. The number of hydrogen-bond donors (Lipinski definition) is 0. The lowest BCUT2D eigenvalue weighted by molar-refractivity contribution is -0.121. The highest BCUT2D eigenvalue weighted by molar-refractivity contribution is 8.26.